The van der Waals surface area contributed by atoms with Crippen LogP contribution in [0.3, 0.4) is 0 Å². The fraction of sp³-hybridized carbons (Fsp3) is 0.318. The normalized spacial score (nSPS) is 14.9. The lowest BCUT2D eigenvalue weighted by molar-refractivity contribution is 0.105. The Morgan fingerprint density at radius 3 is 3.00 bits per heavy atom. The molecule has 0 saturated carbocycles. The Morgan fingerprint density at radius 2 is 2.19 bits per heavy atom. The molecule has 1 unspecified atom stereocenters. The summed E-state index contributed by atoms with van der Waals surface area (Å²) in [7, 11) is 0. The van der Waals surface area contributed by atoms with Gasteiger partial charge in [-0.2, -0.15) is 10.2 Å². The maximum Gasteiger partial charge on any atom is 0.147 e. The second-order valence-corrected chi connectivity index (χ2v) is 8.16. The zero-order chi connectivity index (χ0) is 22.2. The summed E-state index contributed by atoms with van der Waals surface area (Å²) >= 11 is 6.35. The molecule has 0 amide bonds. The largest absolute Gasteiger partial charge is 0.488 e. The van der Waals surface area contributed by atoms with Gasteiger partial charge in [-0.25, -0.2) is 8.91 Å². The van der Waals surface area contributed by atoms with Gasteiger partial charge in [0.25, 0.3) is 0 Å². The highest BCUT2D eigenvalue weighted by Crippen LogP contribution is 2.34. The molecule has 10 heteroatoms. The number of pyridine rings is 2. The third-order valence-electron chi connectivity index (χ3n) is 5.65. The van der Waals surface area contributed by atoms with Crippen molar-refractivity contribution in [2.75, 3.05) is 19.7 Å². The molecule has 5 rings (SSSR count). The Balaban J connectivity index is 1.49. The number of rotatable bonds is 5. The van der Waals surface area contributed by atoms with E-state index in [4.69, 9.17) is 21.4 Å². The Labute approximate surface area is 188 Å². The van der Waals surface area contributed by atoms with E-state index in [1.165, 1.54) is 17.8 Å². The van der Waals surface area contributed by atoms with Crippen molar-refractivity contribution in [1.82, 2.24) is 29.7 Å². The number of aliphatic hydroxyl groups is 1. The lowest BCUT2D eigenvalue weighted by Gasteiger charge is -2.14. The summed E-state index contributed by atoms with van der Waals surface area (Å²) in [4.78, 5) is 3.92. The maximum atomic E-state index is 13.1. The van der Waals surface area contributed by atoms with Crippen molar-refractivity contribution in [3.63, 3.8) is 0 Å². The summed E-state index contributed by atoms with van der Waals surface area (Å²) in [6.07, 6.45) is 4.37. The predicted octanol–water partition coefficient (Wildman–Crippen LogP) is 2.95. The highest BCUT2D eigenvalue weighted by atomic mass is 35.5. The number of halogens is 2. The molecule has 2 N–H and O–H groups in total. The van der Waals surface area contributed by atoms with Crippen LogP contribution in [0.4, 0.5) is 4.39 Å². The lowest BCUT2D eigenvalue weighted by atomic mass is 10.1. The van der Waals surface area contributed by atoms with E-state index in [1.807, 2.05) is 12.3 Å². The molecule has 5 heterocycles. The number of nitrogens with one attached hydrogen (secondary N) is 1. The minimum absolute atomic E-state index is 0.0798. The monoisotopic (exact) mass is 456 g/mol. The molecule has 8 nitrogen and oxygen atoms in total. The molecule has 32 heavy (non-hydrogen) atoms. The average Bonchev–Trinajstić information content (AvgIpc) is 3.21. The van der Waals surface area contributed by atoms with Crippen molar-refractivity contribution in [1.29, 1.82) is 0 Å². The highest BCUT2D eigenvalue weighted by molar-refractivity contribution is 6.34. The van der Waals surface area contributed by atoms with Crippen LogP contribution in [0, 0.1) is 12.7 Å². The number of ether oxygens (including phenoxy) is 1. The molecular weight excluding hydrogens is 435 g/mol. The fourth-order valence-electron chi connectivity index (χ4n) is 4.01. The van der Waals surface area contributed by atoms with E-state index in [0.29, 0.717) is 22.0 Å². The second-order valence-electron chi connectivity index (χ2n) is 7.75. The molecule has 0 fully saturated rings. The Morgan fingerprint density at radius 1 is 1.31 bits per heavy atom. The number of fused-ring (bicyclic) bond motifs is 2. The van der Waals surface area contributed by atoms with Gasteiger partial charge in [-0.15, -0.1) is 0 Å². The zero-order valence-corrected chi connectivity index (χ0v) is 18.2. The number of nitrogens with zero attached hydrogens (tertiary/aromatic N) is 5. The first-order chi connectivity index (χ1) is 15.5. The predicted molar refractivity (Wildman–Crippen MR) is 117 cm³/mol. The van der Waals surface area contributed by atoms with Crippen LogP contribution in [0.1, 0.15) is 23.1 Å². The molecule has 0 aromatic carbocycles. The van der Waals surface area contributed by atoms with E-state index in [9.17, 15) is 9.50 Å². The molecule has 0 saturated heterocycles. The maximum absolute atomic E-state index is 13.1. The van der Waals surface area contributed by atoms with Gasteiger partial charge in [0.15, 0.2) is 0 Å². The molecule has 1 atom stereocenters. The van der Waals surface area contributed by atoms with E-state index < -0.39 is 11.9 Å². The third-order valence-corrected chi connectivity index (χ3v) is 5.93. The van der Waals surface area contributed by atoms with Gasteiger partial charge in [0.1, 0.15) is 29.8 Å². The van der Waals surface area contributed by atoms with Crippen molar-refractivity contribution < 1.29 is 14.2 Å². The van der Waals surface area contributed by atoms with Gasteiger partial charge in [0, 0.05) is 37.0 Å². The fourth-order valence-corrected chi connectivity index (χ4v) is 4.23. The van der Waals surface area contributed by atoms with Crippen LogP contribution in [0.15, 0.2) is 36.8 Å². The smallest absolute Gasteiger partial charge is 0.147 e. The summed E-state index contributed by atoms with van der Waals surface area (Å²) in [5.74, 6) is 0.00219. The number of aromatic nitrogens is 5. The first-order valence-electron chi connectivity index (χ1n) is 10.4. The molecule has 0 radical (unpaired) electrons. The molecule has 1 aliphatic heterocycles. The Hall–Kier alpha value is -3.01. The van der Waals surface area contributed by atoms with Crippen molar-refractivity contribution in [2.24, 2.45) is 0 Å². The minimum Gasteiger partial charge on any atom is -0.488 e. The minimum atomic E-state index is -1.03. The molecule has 4 aromatic rings. The van der Waals surface area contributed by atoms with Crippen LogP contribution in [0.25, 0.3) is 16.8 Å². The van der Waals surface area contributed by atoms with Gasteiger partial charge in [-0.05, 0) is 30.7 Å². The van der Waals surface area contributed by atoms with Gasteiger partial charge in [-0.3, -0.25) is 9.67 Å². The van der Waals surface area contributed by atoms with Crippen LogP contribution in [0.5, 0.6) is 5.75 Å². The molecule has 0 bridgehead atoms. The zero-order valence-electron chi connectivity index (χ0n) is 17.4. The summed E-state index contributed by atoms with van der Waals surface area (Å²) in [6, 6.07) is 4.54. The van der Waals surface area contributed by atoms with Crippen LogP contribution in [-0.2, 0) is 13.0 Å². The van der Waals surface area contributed by atoms with Gasteiger partial charge in [-0.1, -0.05) is 11.6 Å². The molecular formula is C22H22ClFN6O2. The van der Waals surface area contributed by atoms with Gasteiger partial charge in [0.05, 0.1) is 35.3 Å². The summed E-state index contributed by atoms with van der Waals surface area (Å²) in [6.45, 7) is 4.61. The third kappa shape index (κ3) is 3.83. The van der Waals surface area contributed by atoms with E-state index in [0.717, 1.165) is 49.1 Å². The topological polar surface area (TPSA) is 89.5 Å². The Bertz CT molecular complexity index is 1270. The first kappa shape index (κ1) is 20.9. The quantitative estimate of drug-likeness (QED) is 0.480. The van der Waals surface area contributed by atoms with E-state index >= 15 is 0 Å². The first-order valence-corrected chi connectivity index (χ1v) is 10.8. The SMILES string of the molecule is Cc1c(-c2cc(OCC(O)c3ccc(F)cn3)c3c(Cl)cnn3c2)nn2c1CCNCC2. The van der Waals surface area contributed by atoms with Crippen LogP contribution in [-0.4, -0.2) is 49.2 Å². The van der Waals surface area contributed by atoms with Crippen molar-refractivity contribution >= 4 is 17.1 Å². The van der Waals surface area contributed by atoms with Crippen molar-refractivity contribution in [2.45, 2.75) is 26.0 Å². The molecule has 166 valence electrons. The van der Waals surface area contributed by atoms with Crippen LogP contribution in [0.2, 0.25) is 5.02 Å². The standard InChI is InChI=1S/C22H22ClFN6O2/c1-13-18-4-5-25-6-7-29(18)28-21(13)14-8-20(22-16(23)10-27-30(22)11-14)32-12-19(31)17-3-2-15(24)9-26-17/h2-3,8-11,19,25,31H,4-7,12H2,1H3. The molecule has 4 aromatic heterocycles. The Kier molecular flexibility index (Phi) is 5.54. The van der Waals surface area contributed by atoms with Gasteiger partial charge in [0.2, 0.25) is 0 Å². The summed E-state index contributed by atoms with van der Waals surface area (Å²) in [5, 5.41) is 23.4. The molecule has 0 spiro atoms. The second kappa shape index (κ2) is 8.50. The summed E-state index contributed by atoms with van der Waals surface area (Å²) in [5.41, 5.74) is 4.95. The average molecular weight is 457 g/mol. The van der Waals surface area contributed by atoms with Crippen molar-refractivity contribution in [3.05, 3.63) is 64.6 Å². The van der Waals surface area contributed by atoms with Crippen LogP contribution < -0.4 is 10.1 Å². The summed E-state index contributed by atoms with van der Waals surface area (Å²) < 4.78 is 22.8. The van der Waals surface area contributed by atoms with E-state index in [2.05, 4.69) is 27.0 Å². The van der Waals surface area contributed by atoms with Gasteiger partial charge < -0.3 is 15.2 Å². The highest BCUT2D eigenvalue weighted by Gasteiger charge is 2.21. The number of hydrogen-bond donors (Lipinski definition) is 2. The number of aliphatic hydroxyl groups excluding tert-OH is 1. The van der Waals surface area contributed by atoms with Gasteiger partial charge >= 0.3 is 0 Å². The van der Waals surface area contributed by atoms with Crippen molar-refractivity contribution in [3.8, 4) is 17.0 Å². The molecule has 0 aliphatic carbocycles. The van der Waals surface area contributed by atoms with Crippen LogP contribution >= 0.6 is 11.6 Å². The van der Waals surface area contributed by atoms with E-state index in [1.54, 1.807) is 10.7 Å². The molecule has 1 aliphatic rings. The number of hydrogen-bond acceptors (Lipinski definition) is 6. The van der Waals surface area contributed by atoms with E-state index in [-0.39, 0.29) is 6.61 Å². The lowest BCUT2D eigenvalue weighted by Crippen LogP contribution is -2.17.